The van der Waals surface area contributed by atoms with Gasteiger partial charge in [-0.25, -0.2) is 4.98 Å². The van der Waals surface area contributed by atoms with Crippen molar-refractivity contribution in [2.45, 2.75) is 6.54 Å². The van der Waals surface area contributed by atoms with Gasteiger partial charge in [0.05, 0.1) is 31.5 Å². The van der Waals surface area contributed by atoms with Crippen LogP contribution in [0.5, 0.6) is 5.75 Å². The molecule has 1 aromatic heterocycles. The van der Waals surface area contributed by atoms with E-state index in [-0.39, 0.29) is 17.6 Å². The second-order valence-corrected chi connectivity index (χ2v) is 4.67. The lowest BCUT2D eigenvalue weighted by Gasteiger charge is -2.10. The van der Waals surface area contributed by atoms with Crippen molar-refractivity contribution < 1.29 is 4.74 Å². The molecule has 2 aromatic rings. The van der Waals surface area contributed by atoms with Crippen LogP contribution in [0, 0.1) is 11.3 Å². The van der Waals surface area contributed by atoms with E-state index in [1.54, 1.807) is 18.2 Å². The predicted octanol–water partition coefficient (Wildman–Crippen LogP) is 2.48. The first-order chi connectivity index (χ1) is 9.56. The van der Waals surface area contributed by atoms with Crippen molar-refractivity contribution in [3.63, 3.8) is 0 Å². The van der Waals surface area contributed by atoms with E-state index in [2.05, 4.69) is 4.98 Å². The van der Waals surface area contributed by atoms with Crippen molar-refractivity contribution in [1.29, 1.82) is 5.26 Å². The molecule has 102 valence electrons. The standard InChI is InChI=1S/C13H9Cl2N3O2/c1-20-11-6-17-13(15)18(12(11)19)7-9-4-10(14)3-2-8(9)5-16/h2-4,6H,7H2,1H3. The Morgan fingerprint density at radius 1 is 1.45 bits per heavy atom. The third kappa shape index (κ3) is 2.77. The highest BCUT2D eigenvalue weighted by Gasteiger charge is 2.12. The molecule has 2 rings (SSSR count). The highest BCUT2D eigenvalue weighted by molar-refractivity contribution is 6.30. The maximum absolute atomic E-state index is 12.1. The van der Waals surface area contributed by atoms with Crippen LogP contribution in [-0.4, -0.2) is 16.7 Å². The van der Waals surface area contributed by atoms with Gasteiger partial charge in [-0.2, -0.15) is 5.26 Å². The van der Waals surface area contributed by atoms with Crippen molar-refractivity contribution in [3.8, 4) is 11.8 Å². The molecule has 0 amide bonds. The zero-order valence-corrected chi connectivity index (χ0v) is 11.9. The van der Waals surface area contributed by atoms with Gasteiger partial charge in [-0.05, 0) is 35.4 Å². The molecule has 0 bridgehead atoms. The molecular weight excluding hydrogens is 301 g/mol. The predicted molar refractivity (Wildman–Crippen MR) is 75.3 cm³/mol. The van der Waals surface area contributed by atoms with Crippen molar-refractivity contribution in [2.75, 3.05) is 7.11 Å². The van der Waals surface area contributed by atoms with Crippen LogP contribution in [0.3, 0.4) is 0 Å². The first kappa shape index (κ1) is 14.4. The van der Waals surface area contributed by atoms with E-state index in [4.69, 9.17) is 33.2 Å². The van der Waals surface area contributed by atoms with Gasteiger partial charge in [-0.3, -0.25) is 9.36 Å². The van der Waals surface area contributed by atoms with Gasteiger partial charge in [0.2, 0.25) is 11.0 Å². The Balaban J connectivity index is 2.53. The number of methoxy groups -OCH3 is 1. The molecule has 0 aliphatic heterocycles. The van der Waals surface area contributed by atoms with Crippen molar-refractivity contribution in [1.82, 2.24) is 9.55 Å². The molecular formula is C13H9Cl2N3O2. The summed E-state index contributed by atoms with van der Waals surface area (Å²) in [7, 11) is 1.37. The van der Waals surface area contributed by atoms with Gasteiger partial charge in [0.1, 0.15) is 0 Å². The number of hydrogen-bond donors (Lipinski definition) is 0. The maximum Gasteiger partial charge on any atom is 0.297 e. The fourth-order valence-corrected chi connectivity index (χ4v) is 2.08. The molecule has 0 saturated heterocycles. The van der Waals surface area contributed by atoms with E-state index in [0.717, 1.165) is 0 Å². The molecule has 0 fully saturated rings. The quantitative estimate of drug-likeness (QED) is 0.817. The topological polar surface area (TPSA) is 67.9 Å². The van der Waals surface area contributed by atoms with E-state index in [1.165, 1.54) is 17.9 Å². The van der Waals surface area contributed by atoms with E-state index in [0.29, 0.717) is 16.1 Å². The van der Waals surface area contributed by atoms with Crippen LogP contribution in [0.25, 0.3) is 0 Å². The first-order valence-corrected chi connectivity index (χ1v) is 6.30. The molecule has 0 aliphatic rings. The number of benzene rings is 1. The molecule has 0 unspecified atom stereocenters. The number of aromatic nitrogens is 2. The first-order valence-electron chi connectivity index (χ1n) is 5.54. The Bertz CT molecular complexity index is 750. The Morgan fingerprint density at radius 2 is 2.20 bits per heavy atom. The summed E-state index contributed by atoms with van der Waals surface area (Å²) in [6, 6.07) is 6.85. The normalized spacial score (nSPS) is 10.1. The molecule has 1 heterocycles. The largest absolute Gasteiger partial charge is 0.490 e. The van der Waals surface area contributed by atoms with E-state index < -0.39 is 5.56 Å². The number of halogens is 2. The van der Waals surface area contributed by atoms with Gasteiger partial charge < -0.3 is 4.74 Å². The molecule has 0 spiro atoms. The van der Waals surface area contributed by atoms with Crippen molar-refractivity contribution >= 4 is 23.2 Å². The third-order valence-electron chi connectivity index (χ3n) is 2.70. The number of nitriles is 1. The summed E-state index contributed by atoms with van der Waals surface area (Å²) in [4.78, 5) is 16.0. The summed E-state index contributed by atoms with van der Waals surface area (Å²) in [6.07, 6.45) is 1.25. The van der Waals surface area contributed by atoms with Crippen LogP contribution < -0.4 is 10.3 Å². The van der Waals surface area contributed by atoms with E-state index in [1.807, 2.05) is 6.07 Å². The van der Waals surface area contributed by atoms with Gasteiger partial charge in [0.25, 0.3) is 5.56 Å². The summed E-state index contributed by atoms with van der Waals surface area (Å²) in [6.45, 7) is 0.0886. The van der Waals surface area contributed by atoms with E-state index >= 15 is 0 Å². The monoisotopic (exact) mass is 309 g/mol. The third-order valence-corrected chi connectivity index (χ3v) is 3.24. The Hall–Kier alpha value is -2.03. The molecule has 7 heteroatoms. The lowest BCUT2D eigenvalue weighted by molar-refractivity contribution is 0.400. The van der Waals surface area contributed by atoms with Crippen LogP contribution in [0.4, 0.5) is 0 Å². The fraction of sp³-hybridized carbons (Fsp3) is 0.154. The minimum Gasteiger partial charge on any atom is -0.490 e. The summed E-state index contributed by atoms with van der Waals surface area (Å²) in [5.41, 5.74) is 0.579. The second kappa shape index (κ2) is 5.95. The minimum atomic E-state index is -0.420. The number of ether oxygens (including phenoxy) is 1. The van der Waals surface area contributed by atoms with Gasteiger partial charge in [-0.15, -0.1) is 0 Å². The van der Waals surface area contributed by atoms with Gasteiger partial charge >= 0.3 is 0 Å². The van der Waals surface area contributed by atoms with Crippen molar-refractivity contribution in [3.05, 3.63) is 56.2 Å². The molecule has 0 saturated carbocycles. The molecule has 5 nitrogen and oxygen atoms in total. The average molecular weight is 310 g/mol. The number of rotatable bonds is 3. The zero-order chi connectivity index (χ0) is 14.7. The molecule has 0 aliphatic carbocycles. The molecule has 20 heavy (non-hydrogen) atoms. The van der Waals surface area contributed by atoms with E-state index in [9.17, 15) is 4.79 Å². The van der Waals surface area contributed by atoms with Crippen LogP contribution in [0.1, 0.15) is 11.1 Å². The van der Waals surface area contributed by atoms with Crippen LogP contribution in [-0.2, 0) is 6.54 Å². The SMILES string of the molecule is COc1cnc(Cl)n(Cc2cc(Cl)ccc2C#N)c1=O. The Labute approximate surface area is 125 Å². The lowest BCUT2D eigenvalue weighted by Crippen LogP contribution is -2.23. The average Bonchev–Trinajstić information content (AvgIpc) is 2.44. The number of hydrogen-bond acceptors (Lipinski definition) is 4. The summed E-state index contributed by atoms with van der Waals surface area (Å²) in [5.74, 6) is 0.0786. The summed E-state index contributed by atoms with van der Waals surface area (Å²) in [5, 5.41) is 9.56. The van der Waals surface area contributed by atoms with Crippen molar-refractivity contribution in [2.24, 2.45) is 0 Å². The minimum absolute atomic E-state index is 0.0136. The molecule has 1 aromatic carbocycles. The maximum atomic E-state index is 12.1. The lowest BCUT2D eigenvalue weighted by atomic mass is 10.1. The van der Waals surface area contributed by atoms with Gasteiger partial charge in [0.15, 0.2) is 0 Å². The number of nitrogens with zero attached hydrogens (tertiary/aromatic N) is 3. The Kier molecular flexibility index (Phi) is 4.28. The smallest absolute Gasteiger partial charge is 0.297 e. The van der Waals surface area contributed by atoms with Crippen LogP contribution in [0.15, 0.2) is 29.2 Å². The Morgan fingerprint density at radius 3 is 2.85 bits per heavy atom. The second-order valence-electron chi connectivity index (χ2n) is 3.90. The summed E-state index contributed by atoms with van der Waals surface area (Å²) >= 11 is 11.8. The zero-order valence-electron chi connectivity index (χ0n) is 10.4. The van der Waals surface area contributed by atoms with Crippen LogP contribution in [0.2, 0.25) is 10.3 Å². The van der Waals surface area contributed by atoms with Gasteiger partial charge in [0, 0.05) is 5.02 Å². The van der Waals surface area contributed by atoms with Gasteiger partial charge in [-0.1, -0.05) is 11.6 Å². The highest BCUT2D eigenvalue weighted by atomic mass is 35.5. The fourth-order valence-electron chi connectivity index (χ4n) is 1.70. The van der Waals surface area contributed by atoms with Crippen LogP contribution >= 0.6 is 23.2 Å². The molecule has 0 atom stereocenters. The molecule has 0 N–H and O–H groups in total. The highest BCUT2D eigenvalue weighted by Crippen LogP contribution is 2.18. The molecule has 0 radical (unpaired) electrons. The summed E-state index contributed by atoms with van der Waals surface area (Å²) < 4.78 is 6.13.